The fraction of sp³-hybridized carbons (Fsp3) is 0.167. The number of aromatic nitrogens is 1. The maximum Gasteiger partial charge on any atom is 0.104 e. The average Bonchev–Trinajstić information content (AvgIpc) is 2.93. The van der Waals surface area contributed by atoms with E-state index in [1.165, 1.54) is 0 Å². The molecule has 0 aliphatic rings. The summed E-state index contributed by atoms with van der Waals surface area (Å²) in [5.74, 6) is 0. The monoisotopic (exact) mass is 325 g/mol. The first-order valence-electron chi connectivity index (χ1n) is 7.47. The van der Waals surface area contributed by atoms with E-state index in [2.05, 4.69) is 22.9 Å². The third-order valence-electron chi connectivity index (χ3n) is 3.98. The summed E-state index contributed by atoms with van der Waals surface area (Å²) in [4.78, 5) is 0.386. The molecule has 1 heterocycles. The topological polar surface area (TPSA) is 77.2 Å². The molecular formula is C18H19N3OS. The molecule has 0 fully saturated rings. The Balaban J connectivity index is 2.21. The number of nitrogens with zero attached hydrogens (tertiary/aromatic N) is 1. The van der Waals surface area contributed by atoms with Gasteiger partial charge < -0.3 is 21.1 Å². The SMILES string of the molecule is NCc1ccc2c(-c3cccc(C(N)=S)c3)cn(CCO)c2c1. The molecule has 0 amide bonds. The fourth-order valence-electron chi connectivity index (χ4n) is 2.83. The lowest BCUT2D eigenvalue weighted by molar-refractivity contribution is 0.278. The number of benzene rings is 2. The Morgan fingerprint density at radius 3 is 2.70 bits per heavy atom. The van der Waals surface area contributed by atoms with Crippen molar-refractivity contribution in [2.45, 2.75) is 13.1 Å². The van der Waals surface area contributed by atoms with Crippen LogP contribution in [0, 0.1) is 0 Å². The first-order valence-corrected chi connectivity index (χ1v) is 7.88. The molecule has 0 spiro atoms. The summed E-state index contributed by atoms with van der Waals surface area (Å²) in [5, 5.41) is 10.4. The highest BCUT2D eigenvalue weighted by molar-refractivity contribution is 7.80. The van der Waals surface area contributed by atoms with Crippen molar-refractivity contribution in [1.29, 1.82) is 0 Å². The number of nitrogens with two attached hydrogens (primary N) is 2. The molecule has 0 bridgehead atoms. The van der Waals surface area contributed by atoms with Crippen molar-refractivity contribution in [3.8, 4) is 11.1 Å². The molecule has 0 aliphatic heterocycles. The second-order valence-corrected chi connectivity index (χ2v) is 5.90. The predicted molar refractivity (Wildman–Crippen MR) is 98.2 cm³/mol. The lowest BCUT2D eigenvalue weighted by atomic mass is 10.0. The highest BCUT2D eigenvalue weighted by Gasteiger charge is 2.11. The minimum atomic E-state index is 0.0863. The molecule has 2 aromatic carbocycles. The Morgan fingerprint density at radius 1 is 1.17 bits per heavy atom. The summed E-state index contributed by atoms with van der Waals surface area (Å²) in [5.41, 5.74) is 16.6. The molecule has 0 atom stereocenters. The number of fused-ring (bicyclic) bond motifs is 1. The largest absolute Gasteiger partial charge is 0.395 e. The van der Waals surface area contributed by atoms with Gasteiger partial charge in [0.05, 0.1) is 6.61 Å². The van der Waals surface area contributed by atoms with Gasteiger partial charge in [0.1, 0.15) is 4.99 Å². The van der Waals surface area contributed by atoms with Gasteiger partial charge in [0.2, 0.25) is 0 Å². The van der Waals surface area contributed by atoms with E-state index in [1.807, 2.05) is 30.3 Å². The number of aliphatic hydroxyl groups excluding tert-OH is 1. The molecule has 0 saturated heterocycles. The van der Waals surface area contributed by atoms with Crippen molar-refractivity contribution in [3.05, 3.63) is 59.8 Å². The molecule has 0 saturated carbocycles. The lowest BCUT2D eigenvalue weighted by Gasteiger charge is -2.04. The highest BCUT2D eigenvalue weighted by Crippen LogP contribution is 2.31. The number of hydrogen-bond acceptors (Lipinski definition) is 3. The van der Waals surface area contributed by atoms with Gasteiger partial charge in [-0.3, -0.25) is 0 Å². The molecule has 0 radical (unpaired) electrons. The maximum atomic E-state index is 9.32. The second-order valence-electron chi connectivity index (χ2n) is 5.46. The zero-order chi connectivity index (χ0) is 16.4. The van der Waals surface area contributed by atoms with Gasteiger partial charge in [-0.05, 0) is 23.3 Å². The molecular weight excluding hydrogens is 306 g/mol. The van der Waals surface area contributed by atoms with Crippen molar-refractivity contribution in [2.24, 2.45) is 11.5 Å². The van der Waals surface area contributed by atoms with Crippen molar-refractivity contribution in [3.63, 3.8) is 0 Å². The van der Waals surface area contributed by atoms with Gasteiger partial charge >= 0.3 is 0 Å². The van der Waals surface area contributed by atoms with Crippen molar-refractivity contribution < 1.29 is 5.11 Å². The van der Waals surface area contributed by atoms with Crippen LogP contribution in [-0.2, 0) is 13.1 Å². The number of aliphatic hydroxyl groups is 1. The van der Waals surface area contributed by atoms with Gasteiger partial charge in [-0.2, -0.15) is 0 Å². The van der Waals surface area contributed by atoms with Crippen LogP contribution in [0.4, 0.5) is 0 Å². The van der Waals surface area contributed by atoms with Crippen LogP contribution in [-0.4, -0.2) is 21.3 Å². The van der Waals surface area contributed by atoms with E-state index < -0.39 is 0 Å². The molecule has 3 rings (SSSR count). The van der Waals surface area contributed by atoms with Gasteiger partial charge in [0.15, 0.2) is 0 Å². The molecule has 0 unspecified atom stereocenters. The van der Waals surface area contributed by atoms with Crippen LogP contribution >= 0.6 is 12.2 Å². The van der Waals surface area contributed by atoms with E-state index in [9.17, 15) is 5.11 Å². The molecule has 0 aliphatic carbocycles. The van der Waals surface area contributed by atoms with Crippen molar-refractivity contribution in [1.82, 2.24) is 4.57 Å². The first kappa shape index (κ1) is 15.7. The van der Waals surface area contributed by atoms with Crippen LogP contribution in [0.1, 0.15) is 11.1 Å². The Bertz CT molecular complexity index is 870. The van der Waals surface area contributed by atoms with Crippen LogP contribution < -0.4 is 11.5 Å². The summed E-state index contributed by atoms with van der Waals surface area (Å²) < 4.78 is 2.05. The van der Waals surface area contributed by atoms with Gasteiger partial charge in [-0.15, -0.1) is 0 Å². The molecule has 5 N–H and O–H groups in total. The van der Waals surface area contributed by atoms with E-state index >= 15 is 0 Å². The quantitative estimate of drug-likeness (QED) is 0.630. The Morgan fingerprint density at radius 2 is 2.00 bits per heavy atom. The number of rotatable bonds is 5. The Labute approximate surface area is 140 Å². The summed E-state index contributed by atoms with van der Waals surface area (Å²) in [6.45, 7) is 1.12. The van der Waals surface area contributed by atoms with Crippen molar-refractivity contribution in [2.75, 3.05) is 6.61 Å². The third kappa shape index (κ3) is 2.99. The molecule has 5 heteroatoms. The van der Waals surface area contributed by atoms with E-state index in [1.54, 1.807) is 0 Å². The number of hydrogen-bond donors (Lipinski definition) is 3. The third-order valence-corrected chi connectivity index (χ3v) is 4.22. The first-order chi connectivity index (χ1) is 11.1. The average molecular weight is 325 g/mol. The van der Waals surface area contributed by atoms with Crippen LogP contribution in [0.2, 0.25) is 0 Å². The molecule has 23 heavy (non-hydrogen) atoms. The minimum absolute atomic E-state index is 0.0863. The minimum Gasteiger partial charge on any atom is -0.395 e. The van der Waals surface area contributed by atoms with Crippen LogP contribution in [0.5, 0.6) is 0 Å². The summed E-state index contributed by atoms with van der Waals surface area (Å²) in [6.07, 6.45) is 2.06. The standard InChI is InChI=1S/C18H19N3OS/c19-10-12-4-5-15-16(11-21(6-7-22)17(15)8-12)13-2-1-3-14(9-13)18(20)23/h1-5,8-9,11,22H,6-7,10,19H2,(H2,20,23). The summed E-state index contributed by atoms with van der Waals surface area (Å²) in [6, 6.07) is 14.1. The molecule has 4 nitrogen and oxygen atoms in total. The summed E-state index contributed by atoms with van der Waals surface area (Å²) in [7, 11) is 0. The van der Waals surface area contributed by atoms with Crippen LogP contribution in [0.15, 0.2) is 48.7 Å². The molecule has 3 aromatic rings. The van der Waals surface area contributed by atoms with Gasteiger partial charge in [-0.25, -0.2) is 0 Å². The van der Waals surface area contributed by atoms with Gasteiger partial charge in [0, 0.05) is 41.3 Å². The molecule has 1 aromatic heterocycles. The van der Waals surface area contributed by atoms with E-state index in [4.69, 9.17) is 23.7 Å². The van der Waals surface area contributed by atoms with Crippen molar-refractivity contribution >= 4 is 28.1 Å². The van der Waals surface area contributed by atoms with Crippen LogP contribution in [0.25, 0.3) is 22.0 Å². The number of thiocarbonyl (C=S) groups is 1. The summed E-state index contributed by atoms with van der Waals surface area (Å²) >= 11 is 5.07. The lowest BCUT2D eigenvalue weighted by Crippen LogP contribution is -2.08. The van der Waals surface area contributed by atoms with Crippen LogP contribution in [0.3, 0.4) is 0 Å². The fourth-order valence-corrected chi connectivity index (χ4v) is 2.95. The zero-order valence-electron chi connectivity index (χ0n) is 12.7. The van der Waals surface area contributed by atoms with Gasteiger partial charge in [-0.1, -0.05) is 42.5 Å². The highest BCUT2D eigenvalue weighted by atomic mass is 32.1. The normalized spacial score (nSPS) is 11.0. The predicted octanol–water partition coefficient (Wildman–Crippen LogP) is 2.39. The Hall–Kier alpha value is -2.21. The maximum absolute atomic E-state index is 9.32. The van der Waals surface area contributed by atoms with E-state index in [-0.39, 0.29) is 6.61 Å². The van der Waals surface area contributed by atoms with E-state index in [0.29, 0.717) is 18.1 Å². The Kier molecular flexibility index (Phi) is 4.43. The van der Waals surface area contributed by atoms with Gasteiger partial charge in [0.25, 0.3) is 0 Å². The van der Waals surface area contributed by atoms with E-state index in [0.717, 1.165) is 33.2 Å². The smallest absolute Gasteiger partial charge is 0.104 e. The zero-order valence-corrected chi connectivity index (χ0v) is 13.5. The second kappa shape index (κ2) is 6.50. The molecule has 118 valence electrons.